The van der Waals surface area contributed by atoms with Gasteiger partial charge in [-0.3, -0.25) is 0 Å². The minimum Gasteiger partial charge on any atom is -0.244 e. The van der Waals surface area contributed by atoms with Gasteiger partial charge < -0.3 is 0 Å². The summed E-state index contributed by atoms with van der Waals surface area (Å²) >= 11 is 3.31. The molecule has 4 heteroatoms. The Balaban J connectivity index is 2.59. The SMILES string of the molecule is Cc1cc(F)cc(-c2cncnc2Br)c1. The fraction of sp³-hybridized carbons (Fsp3) is 0.0909. The molecule has 0 radical (unpaired) electrons. The Morgan fingerprint density at radius 2 is 2.07 bits per heavy atom. The minimum atomic E-state index is -0.249. The second-order valence-corrected chi connectivity index (χ2v) is 4.00. The first-order valence-corrected chi connectivity index (χ1v) is 5.19. The van der Waals surface area contributed by atoms with E-state index in [-0.39, 0.29) is 5.82 Å². The van der Waals surface area contributed by atoms with Gasteiger partial charge in [-0.15, -0.1) is 0 Å². The molecule has 0 aliphatic carbocycles. The van der Waals surface area contributed by atoms with Crippen molar-refractivity contribution in [3.8, 4) is 11.1 Å². The van der Waals surface area contributed by atoms with Gasteiger partial charge in [-0.1, -0.05) is 6.07 Å². The lowest BCUT2D eigenvalue weighted by Gasteiger charge is -2.04. The third-order valence-corrected chi connectivity index (χ3v) is 2.65. The summed E-state index contributed by atoms with van der Waals surface area (Å²) in [6.07, 6.45) is 3.10. The molecule has 0 amide bonds. The first-order chi connectivity index (χ1) is 7.16. The van der Waals surface area contributed by atoms with Gasteiger partial charge in [-0.25, -0.2) is 14.4 Å². The van der Waals surface area contributed by atoms with Crippen molar-refractivity contribution < 1.29 is 4.39 Å². The monoisotopic (exact) mass is 266 g/mol. The normalized spacial score (nSPS) is 10.3. The van der Waals surface area contributed by atoms with Gasteiger partial charge in [-0.2, -0.15) is 0 Å². The molecule has 0 bridgehead atoms. The van der Waals surface area contributed by atoms with Crippen molar-refractivity contribution >= 4 is 15.9 Å². The summed E-state index contributed by atoms with van der Waals surface area (Å²) in [5.41, 5.74) is 2.45. The van der Waals surface area contributed by atoms with Gasteiger partial charge in [0, 0.05) is 11.8 Å². The zero-order valence-electron chi connectivity index (χ0n) is 8.04. The zero-order chi connectivity index (χ0) is 10.8. The number of benzene rings is 1. The molecule has 76 valence electrons. The van der Waals surface area contributed by atoms with E-state index in [1.807, 2.05) is 13.0 Å². The highest BCUT2D eigenvalue weighted by atomic mass is 79.9. The van der Waals surface area contributed by atoms with E-state index >= 15 is 0 Å². The lowest BCUT2D eigenvalue weighted by Crippen LogP contribution is -1.88. The van der Waals surface area contributed by atoms with E-state index in [0.717, 1.165) is 16.7 Å². The summed E-state index contributed by atoms with van der Waals surface area (Å²) in [4.78, 5) is 7.92. The summed E-state index contributed by atoms with van der Waals surface area (Å²) in [5, 5.41) is 0. The van der Waals surface area contributed by atoms with Crippen LogP contribution < -0.4 is 0 Å². The van der Waals surface area contributed by atoms with Crippen molar-refractivity contribution in [3.05, 3.63) is 46.7 Å². The molecule has 0 spiro atoms. The van der Waals surface area contributed by atoms with Crippen LogP contribution in [0, 0.1) is 12.7 Å². The predicted molar refractivity (Wildman–Crippen MR) is 59.9 cm³/mol. The Hall–Kier alpha value is -1.29. The molecular formula is C11H8BrFN2. The molecule has 0 fully saturated rings. The predicted octanol–water partition coefficient (Wildman–Crippen LogP) is 3.35. The number of hydrogen-bond donors (Lipinski definition) is 0. The van der Waals surface area contributed by atoms with Crippen molar-refractivity contribution in [3.63, 3.8) is 0 Å². The van der Waals surface area contributed by atoms with E-state index < -0.39 is 0 Å². The van der Waals surface area contributed by atoms with Crippen LogP contribution in [0.2, 0.25) is 0 Å². The lowest BCUT2D eigenvalue weighted by molar-refractivity contribution is 0.627. The van der Waals surface area contributed by atoms with E-state index in [1.165, 1.54) is 18.5 Å². The third-order valence-electron chi connectivity index (χ3n) is 2.02. The molecule has 2 rings (SSSR count). The summed E-state index contributed by atoms with van der Waals surface area (Å²) in [6, 6.07) is 4.85. The standard InChI is InChI=1S/C11H8BrFN2/c1-7-2-8(4-9(13)3-7)10-5-14-6-15-11(10)12/h2-6H,1H3. The van der Waals surface area contributed by atoms with E-state index in [2.05, 4.69) is 25.9 Å². The summed E-state index contributed by atoms with van der Waals surface area (Å²) < 4.78 is 13.9. The highest BCUT2D eigenvalue weighted by molar-refractivity contribution is 9.10. The Morgan fingerprint density at radius 3 is 2.73 bits per heavy atom. The van der Waals surface area contributed by atoms with Gasteiger partial charge in [0.2, 0.25) is 0 Å². The van der Waals surface area contributed by atoms with Gasteiger partial charge in [0.1, 0.15) is 16.7 Å². The topological polar surface area (TPSA) is 25.8 Å². The minimum absolute atomic E-state index is 0.249. The van der Waals surface area contributed by atoms with E-state index in [1.54, 1.807) is 6.20 Å². The molecule has 0 aliphatic rings. The summed E-state index contributed by atoms with van der Waals surface area (Å²) in [6.45, 7) is 1.85. The molecule has 1 heterocycles. The maximum absolute atomic E-state index is 13.2. The molecular weight excluding hydrogens is 259 g/mol. The number of aryl methyl sites for hydroxylation is 1. The highest BCUT2D eigenvalue weighted by Gasteiger charge is 2.05. The Labute approximate surface area is 95.3 Å². The molecule has 0 saturated carbocycles. The molecule has 0 aliphatic heterocycles. The fourth-order valence-electron chi connectivity index (χ4n) is 1.40. The van der Waals surface area contributed by atoms with Gasteiger partial charge in [0.25, 0.3) is 0 Å². The van der Waals surface area contributed by atoms with Crippen LogP contribution in [0.5, 0.6) is 0 Å². The van der Waals surface area contributed by atoms with Crippen LogP contribution in [0.15, 0.2) is 35.3 Å². The first-order valence-electron chi connectivity index (χ1n) is 4.40. The molecule has 2 nitrogen and oxygen atoms in total. The molecule has 0 N–H and O–H groups in total. The highest BCUT2D eigenvalue weighted by Crippen LogP contribution is 2.26. The Morgan fingerprint density at radius 1 is 1.27 bits per heavy atom. The maximum atomic E-state index is 13.2. The second kappa shape index (κ2) is 4.06. The maximum Gasteiger partial charge on any atom is 0.124 e. The largest absolute Gasteiger partial charge is 0.244 e. The van der Waals surface area contributed by atoms with Crippen LogP contribution in [-0.2, 0) is 0 Å². The average Bonchev–Trinajstić information content (AvgIpc) is 2.16. The van der Waals surface area contributed by atoms with Gasteiger partial charge in [0.05, 0.1) is 0 Å². The lowest BCUT2D eigenvalue weighted by atomic mass is 10.1. The summed E-state index contributed by atoms with van der Waals surface area (Å²) in [7, 11) is 0. The van der Waals surface area contributed by atoms with E-state index in [9.17, 15) is 4.39 Å². The van der Waals surface area contributed by atoms with Crippen molar-refractivity contribution in [1.82, 2.24) is 9.97 Å². The van der Waals surface area contributed by atoms with Crippen molar-refractivity contribution in [2.75, 3.05) is 0 Å². The van der Waals surface area contributed by atoms with Crippen LogP contribution in [0.1, 0.15) is 5.56 Å². The number of aromatic nitrogens is 2. The molecule has 2 aromatic rings. The molecule has 1 aromatic carbocycles. The molecule has 0 atom stereocenters. The molecule has 0 saturated heterocycles. The smallest absolute Gasteiger partial charge is 0.124 e. The quantitative estimate of drug-likeness (QED) is 0.740. The van der Waals surface area contributed by atoms with Gasteiger partial charge in [0.15, 0.2) is 0 Å². The number of halogens is 2. The molecule has 1 aromatic heterocycles. The third kappa shape index (κ3) is 2.21. The second-order valence-electron chi connectivity index (χ2n) is 3.24. The number of nitrogens with zero attached hydrogens (tertiary/aromatic N) is 2. The van der Waals surface area contributed by atoms with E-state index in [4.69, 9.17) is 0 Å². The number of rotatable bonds is 1. The van der Waals surface area contributed by atoms with Gasteiger partial charge in [-0.05, 0) is 46.1 Å². The van der Waals surface area contributed by atoms with Crippen molar-refractivity contribution in [2.24, 2.45) is 0 Å². The van der Waals surface area contributed by atoms with Crippen LogP contribution in [0.4, 0.5) is 4.39 Å². The van der Waals surface area contributed by atoms with Crippen molar-refractivity contribution in [2.45, 2.75) is 6.92 Å². The van der Waals surface area contributed by atoms with E-state index in [0.29, 0.717) is 4.60 Å². The average molecular weight is 267 g/mol. The van der Waals surface area contributed by atoms with Crippen LogP contribution in [0.3, 0.4) is 0 Å². The van der Waals surface area contributed by atoms with Crippen LogP contribution in [-0.4, -0.2) is 9.97 Å². The Bertz CT molecular complexity index is 479. The van der Waals surface area contributed by atoms with Gasteiger partial charge >= 0.3 is 0 Å². The molecule has 15 heavy (non-hydrogen) atoms. The van der Waals surface area contributed by atoms with Crippen LogP contribution in [0.25, 0.3) is 11.1 Å². The zero-order valence-corrected chi connectivity index (χ0v) is 9.62. The number of hydrogen-bond acceptors (Lipinski definition) is 2. The van der Waals surface area contributed by atoms with Crippen LogP contribution >= 0.6 is 15.9 Å². The first kappa shape index (κ1) is 10.2. The summed E-state index contributed by atoms with van der Waals surface area (Å²) in [5.74, 6) is -0.249. The Kier molecular flexibility index (Phi) is 2.77. The fourth-order valence-corrected chi connectivity index (χ4v) is 1.82. The molecule has 0 unspecified atom stereocenters. The van der Waals surface area contributed by atoms with Crippen molar-refractivity contribution in [1.29, 1.82) is 0 Å².